The molecule has 3 nitrogen and oxygen atoms in total. The van der Waals surface area contributed by atoms with E-state index >= 15 is 0 Å². The van der Waals surface area contributed by atoms with Crippen LogP contribution in [0, 0.1) is 6.92 Å². The first-order valence-corrected chi connectivity index (χ1v) is 9.77. The second-order valence-corrected chi connectivity index (χ2v) is 8.51. The number of alkyl halides is 1. The van der Waals surface area contributed by atoms with Crippen molar-refractivity contribution in [3.63, 3.8) is 0 Å². The summed E-state index contributed by atoms with van der Waals surface area (Å²) < 4.78 is 6.09. The van der Waals surface area contributed by atoms with Crippen LogP contribution in [0.4, 0.5) is 0 Å². The minimum absolute atomic E-state index is 0.00618. The number of hydrogen-bond acceptors (Lipinski definition) is 2. The molecule has 2 atom stereocenters. The van der Waals surface area contributed by atoms with Crippen LogP contribution in [0.25, 0.3) is 0 Å². The number of rotatable bonds is 5. The van der Waals surface area contributed by atoms with Gasteiger partial charge in [-0.1, -0.05) is 20.0 Å². The molecule has 1 amide bonds. The third-order valence-electron chi connectivity index (χ3n) is 3.65. The first-order chi connectivity index (χ1) is 8.06. The van der Waals surface area contributed by atoms with Gasteiger partial charge in [0, 0.05) is 6.61 Å². The van der Waals surface area contributed by atoms with E-state index in [4.69, 9.17) is 16.3 Å². The lowest BCUT2D eigenvalue weighted by molar-refractivity contribution is -0.122. The predicted octanol–water partition coefficient (Wildman–Crippen LogP) is 1.90. The van der Waals surface area contributed by atoms with E-state index in [2.05, 4.69) is 25.3 Å². The normalized spacial score (nSPS) is 26.9. The Bertz CT molecular complexity index is 255. The molecular weight excluding hydrogens is 254 g/mol. The van der Waals surface area contributed by atoms with Gasteiger partial charge in [-0.25, -0.2) is 0 Å². The van der Waals surface area contributed by atoms with Gasteiger partial charge in [0.15, 0.2) is 0 Å². The molecule has 0 aromatic heterocycles. The van der Waals surface area contributed by atoms with Gasteiger partial charge in [0.25, 0.3) is 0 Å². The van der Waals surface area contributed by atoms with Crippen LogP contribution in [0.5, 0.6) is 0 Å². The van der Waals surface area contributed by atoms with E-state index in [0.717, 1.165) is 19.4 Å². The zero-order valence-electron chi connectivity index (χ0n) is 10.8. The van der Waals surface area contributed by atoms with Gasteiger partial charge < -0.3 is 10.1 Å². The van der Waals surface area contributed by atoms with E-state index in [1.165, 1.54) is 6.42 Å². The Kier molecular flexibility index (Phi) is 5.96. The molecule has 0 aliphatic carbocycles. The van der Waals surface area contributed by atoms with Crippen LogP contribution in [0.2, 0.25) is 13.1 Å². The molecule has 1 saturated heterocycles. The molecule has 1 aliphatic rings. The summed E-state index contributed by atoms with van der Waals surface area (Å²) in [7, 11) is -1.05. The summed E-state index contributed by atoms with van der Waals surface area (Å²) in [5.41, 5.74) is 0. The van der Waals surface area contributed by atoms with Gasteiger partial charge in [0.05, 0.1) is 20.1 Å². The van der Waals surface area contributed by atoms with Gasteiger partial charge in [-0.05, 0) is 25.7 Å². The maximum absolute atomic E-state index is 11.5. The van der Waals surface area contributed by atoms with Crippen LogP contribution in [0.3, 0.4) is 0 Å². The van der Waals surface area contributed by atoms with Crippen molar-refractivity contribution in [2.45, 2.75) is 50.0 Å². The lowest BCUT2D eigenvalue weighted by Gasteiger charge is -2.46. The SMILES string of the molecule is [CH2]CC(NC(=O)CCl)C1([SiH](C)C)CCCCO1. The third kappa shape index (κ3) is 3.45. The predicted molar refractivity (Wildman–Crippen MR) is 74.0 cm³/mol. The van der Waals surface area contributed by atoms with Crippen LogP contribution >= 0.6 is 11.6 Å². The van der Waals surface area contributed by atoms with E-state index in [-0.39, 0.29) is 23.1 Å². The molecule has 1 N–H and O–H groups in total. The Labute approximate surface area is 111 Å². The Morgan fingerprint density at radius 3 is 2.71 bits per heavy atom. The van der Waals surface area contributed by atoms with Crippen molar-refractivity contribution in [3.05, 3.63) is 6.92 Å². The topological polar surface area (TPSA) is 38.3 Å². The molecule has 0 aromatic carbocycles. The highest BCUT2D eigenvalue weighted by molar-refractivity contribution is 6.59. The monoisotopic (exact) mass is 276 g/mol. The van der Waals surface area contributed by atoms with Crippen molar-refractivity contribution in [1.82, 2.24) is 5.32 Å². The van der Waals surface area contributed by atoms with E-state index in [1.54, 1.807) is 0 Å². The number of hydrogen-bond donors (Lipinski definition) is 1. The van der Waals surface area contributed by atoms with Gasteiger partial charge in [-0.2, -0.15) is 0 Å². The molecule has 1 fully saturated rings. The molecule has 0 aromatic rings. The summed E-state index contributed by atoms with van der Waals surface area (Å²) in [6.45, 7) is 9.32. The Hall–Kier alpha value is -0.0631. The van der Waals surface area contributed by atoms with E-state index in [9.17, 15) is 4.79 Å². The molecule has 17 heavy (non-hydrogen) atoms. The molecule has 1 aliphatic heterocycles. The molecule has 0 bridgehead atoms. The molecule has 2 unspecified atom stereocenters. The number of carbonyl (C=O) groups excluding carboxylic acids is 1. The number of carbonyl (C=O) groups is 1. The lowest BCUT2D eigenvalue weighted by Crippen LogP contribution is -2.62. The summed E-state index contributed by atoms with van der Waals surface area (Å²) in [5.74, 6) is -0.116. The molecule has 99 valence electrons. The lowest BCUT2D eigenvalue weighted by atomic mass is 9.99. The molecule has 0 spiro atoms. The van der Waals surface area contributed by atoms with Crippen LogP contribution < -0.4 is 5.32 Å². The maximum Gasteiger partial charge on any atom is 0.235 e. The van der Waals surface area contributed by atoms with Gasteiger partial charge in [0.1, 0.15) is 5.88 Å². The second-order valence-electron chi connectivity index (χ2n) is 4.96. The third-order valence-corrected chi connectivity index (χ3v) is 6.70. The summed E-state index contributed by atoms with van der Waals surface area (Å²) in [4.78, 5) is 11.5. The van der Waals surface area contributed by atoms with E-state index < -0.39 is 8.80 Å². The van der Waals surface area contributed by atoms with Gasteiger partial charge in [0.2, 0.25) is 5.91 Å². The maximum atomic E-state index is 11.5. The molecule has 1 rings (SSSR count). The van der Waals surface area contributed by atoms with Crippen LogP contribution in [0.15, 0.2) is 0 Å². The van der Waals surface area contributed by atoms with Crippen LogP contribution in [-0.2, 0) is 9.53 Å². The Morgan fingerprint density at radius 2 is 2.29 bits per heavy atom. The van der Waals surface area contributed by atoms with Crippen LogP contribution in [-0.4, -0.2) is 38.5 Å². The highest BCUT2D eigenvalue weighted by Crippen LogP contribution is 2.32. The van der Waals surface area contributed by atoms with Crippen molar-refractivity contribution in [2.24, 2.45) is 0 Å². The Balaban J connectivity index is 2.82. The molecular formula is C12H23ClNO2Si. The molecule has 1 radical (unpaired) electrons. The molecule has 0 saturated carbocycles. The molecule has 1 heterocycles. The fourth-order valence-corrected chi connectivity index (χ4v) is 5.01. The van der Waals surface area contributed by atoms with Crippen LogP contribution in [0.1, 0.15) is 25.7 Å². The largest absolute Gasteiger partial charge is 0.377 e. The summed E-state index contributed by atoms with van der Waals surface area (Å²) in [5, 5.41) is 2.85. The fourth-order valence-electron chi connectivity index (χ4n) is 2.64. The van der Waals surface area contributed by atoms with Crippen molar-refractivity contribution in [3.8, 4) is 0 Å². The summed E-state index contributed by atoms with van der Waals surface area (Å²) in [6, 6.07) is 0.0146. The van der Waals surface area contributed by atoms with Gasteiger partial charge >= 0.3 is 0 Å². The summed E-state index contributed by atoms with van der Waals surface area (Å²) >= 11 is 5.56. The second kappa shape index (κ2) is 6.76. The average molecular weight is 277 g/mol. The van der Waals surface area contributed by atoms with Gasteiger partial charge in [-0.3, -0.25) is 4.79 Å². The molecule has 5 heteroatoms. The highest BCUT2D eigenvalue weighted by Gasteiger charge is 2.44. The van der Waals surface area contributed by atoms with Gasteiger partial charge in [-0.15, -0.1) is 11.6 Å². The Morgan fingerprint density at radius 1 is 1.59 bits per heavy atom. The number of ether oxygens (including phenoxy) is 1. The number of halogens is 1. The van der Waals surface area contributed by atoms with Crippen molar-refractivity contribution < 1.29 is 9.53 Å². The quantitative estimate of drug-likeness (QED) is 0.615. The smallest absolute Gasteiger partial charge is 0.235 e. The zero-order valence-corrected chi connectivity index (χ0v) is 12.7. The minimum atomic E-state index is -1.05. The van der Waals surface area contributed by atoms with Crippen molar-refractivity contribution in [2.75, 3.05) is 12.5 Å². The first kappa shape index (κ1) is 15.0. The first-order valence-electron chi connectivity index (χ1n) is 6.35. The average Bonchev–Trinajstić information content (AvgIpc) is 2.36. The summed E-state index contributed by atoms with van der Waals surface area (Å²) in [6.07, 6.45) is 4.00. The number of nitrogens with one attached hydrogen (secondary N) is 1. The van der Waals surface area contributed by atoms with E-state index in [0.29, 0.717) is 6.42 Å². The van der Waals surface area contributed by atoms with Crippen molar-refractivity contribution in [1.29, 1.82) is 0 Å². The minimum Gasteiger partial charge on any atom is -0.377 e. The van der Waals surface area contributed by atoms with Crippen molar-refractivity contribution >= 4 is 26.3 Å². The highest BCUT2D eigenvalue weighted by atomic mass is 35.5. The van der Waals surface area contributed by atoms with E-state index in [1.807, 2.05) is 0 Å². The standard InChI is InChI=1S/C12H23ClNO2Si/c1-4-10(14-11(15)9-13)12(17(2)3)7-5-6-8-16-12/h10,17H,1,4-9H2,2-3H3,(H,14,15). The zero-order chi connectivity index (χ0) is 12.9. The number of amides is 1. The fraction of sp³-hybridized carbons (Fsp3) is 0.833.